The van der Waals surface area contributed by atoms with E-state index in [9.17, 15) is 14.7 Å². The van der Waals surface area contributed by atoms with Crippen LogP contribution in [0.5, 0.6) is 5.75 Å². The highest BCUT2D eigenvalue weighted by atomic mass is 16.4. The first-order valence-corrected chi connectivity index (χ1v) is 12.5. The molecule has 2 rings (SSSR count). The second-order valence-corrected chi connectivity index (χ2v) is 9.38. The van der Waals surface area contributed by atoms with E-state index in [-0.39, 0.29) is 18.1 Å². The average Bonchev–Trinajstić information content (AvgIpc) is 3.25. The van der Waals surface area contributed by atoms with Gasteiger partial charge in [0.05, 0.1) is 0 Å². The molecule has 0 aromatic heterocycles. The van der Waals surface area contributed by atoms with Crippen molar-refractivity contribution in [2.75, 3.05) is 6.54 Å². The number of aldehydes is 1. The number of carboxylic acid groups (broad SMARTS) is 1. The lowest BCUT2D eigenvalue weighted by Crippen LogP contribution is -2.12. The number of carboxylic acids is 1. The SMILES string of the molecule is NCCC1=C[C@H]([C@@H](C=O)CCCCC[C@H](CC=CCCC(=O)O)Cc2ccc(O)cc2)CC1. The number of aliphatic carboxylic acids is 1. The van der Waals surface area contributed by atoms with E-state index in [0.717, 1.165) is 70.5 Å². The van der Waals surface area contributed by atoms with Crippen LogP contribution in [0, 0.1) is 17.8 Å². The average molecular weight is 456 g/mol. The van der Waals surface area contributed by atoms with Gasteiger partial charge in [-0.2, -0.15) is 0 Å². The van der Waals surface area contributed by atoms with Crippen molar-refractivity contribution < 1.29 is 19.8 Å². The van der Waals surface area contributed by atoms with E-state index in [1.807, 2.05) is 18.2 Å². The fourth-order valence-corrected chi connectivity index (χ4v) is 4.81. The summed E-state index contributed by atoms with van der Waals surface area (Å²) in [6, 6.07) is 7.40. The van der Waals surface area contributed by atoms with Gasteiger partial charge in [0.15, 0.2) is 0 Å². The summed E-state index contributed by atoms with van der Waals surface area (Å²) in [6.45, 7) is 0.685. The van der Waals surface area contributed by atoms with Crippen molar-refractivity contribution in [3.8, 4) is 5.75 Å². The first kappa shape index (κ1) is 26.8. The molecular formula is C28H41NO4. The summed E-state index contributed by atoms with van der Waals surface area (Å²) in [4.78, 5) is 22.3. The topological polar surface area (TPSA) is 101 Å². The highest BCUT2D eigenvalue weighted by molar-refractivity contribution is 5.66. The first-order chi connectivity index (χ1) is 16.0. The van der Waals surface area contributed by atoms with Crippen molar-refractivity contribution in [1.82, 2.24) is 0 Å². The molecule has 5 nitrogen and oxygen atoms in total. The number of rotatable bonds is 17. The zero-order chi connectivity index (χ0) is 23.9. The molecule has 0 saturated carbocycles. The smallest absolute Gasteiger partial charge is 0.303 e. The molecule has 182 valence electrons. The summed E-state index contributed by atoms with van der Waals surface area (Å²) in [5.41, 5.74) is 8.29. The van der Waals surface area contributed by atoms with Gasteiger partial charge in [-0.3, -0.25) is 4.79 Å². The summed E-state index contributed by atoms with van der Waals surface area (Å²) >= 11 is 0. The number of phenolic OH excluding ortho intramolecular Hbond substituents is 1. The van der Waals surface area contributed by atoms with Crippen molar-refractivity contribution in [3.63, 3.8) is 0 Å². The zero-order valence-electron chi connectivity index (χ0n) is 19.8. The molecule has 1 aromatic carbocycles. The lowest BCUT2D eigenvalue weighted by atomic mass is 9.87. The van der Waals surface area contributed by atoms with E-state index in [4.69, 9.17) is 10.8 Å². The van der Waals surface area contributed by atoms with Gasteiger partial charge < -0.3 is 20.7 Å². The van der Waals surface area contributed by atoms with E-state index < -0.39 is 5.97 Å². The molecule has 0 unspecified atom stereocenters. The monoisotopic (exact) mass is 455 g/mol. The Morgan fingerprint density at radius 1 is 1.12 bits per heavy atom. The number of benzene rings is 1. The third kappa shape index (κ3) is 10.8. The van der Waals surface area contributed by atoms with E-state index >= 15 is 0 Å². The molecule has 0 radical (unpaired) electrons. The Labute approximate surface area is 198 Å². The number of phenols is 1. The Bertz CT molecular complexity index is 769. The van der Waals surface area contributed by atoms with Gasteiger partial charge in [0, 0.05) is 12.3 Å². The molecule has 3 atom stereocenters. The van der Waals surface area contributed by atoms with Crippen LogP contribution in [-0.4, -0.2) is 29.0 Å². The molecule has 33 heavy (non-hydrogen) atoms. The summed E-state index contributed by atoms with van der Waals surface area (Å²) in [5, 5.41) is 18.3. The lowest BCUT2D eigenvalue weighted by Gasteiger charge is -2.17. The third-order valence-corrected chi connectivity index (χ3v) is 6.71. The molecule has 0 heterocycles. The van der Waals surface area contributed by atoms with E-state index in [2.05, 4.69) is 12.2 Å². The van der Waals surface area contributed by atoms with Gasteiger partial charge >= 0.3 is 5.97 Å². The molecule has 0 fully saturated rings. The van der Waals surface area contributed by atoms with Crippen molar-refractivity contribution in [1.29, 1.82) is 0 Å². The lowest BCUT2D eigenvalue weighted by molar-refractivity contribution is -0.136. The predicted octanol–water partition coefficient (Wildman–Crippen LogP) is 5.81. The molecule has 1 aliphatic carbocycles. The minimum Gasteiger partial charge on any atom is -0.508 e. The molecule has 1 aromatic rings. The molecule has 0 spiro atoms. The summed E-state index contributed by atoms with van der Waals surface area (Å²) in [6.07, 6.45) is 18.6. The number of hydrogen-bond donors (Lipinski definition) is 3. The number of allylic oxidation sites excluding steroid dienone is 3. The highest BCUT2D eigenvalue weighted by Gasteiger charge is 2.23. The third-order valence-electron chi connectivity index (χ3n) is 6.71. The van der Waals surface area contributed by atoms with Crippen LogP contribution in [-0.2, 0) is 16.0 Å². The first-order valence-electron chi connectivity index (χ1n) is 12.5. The molecule has 0 saturated heterocycles. The zero-order valence-corrected chi connectivity index (χ0v) is 19.8. The van der Waals surface area contributed by atoms with Crippen molar-refractivity contribution in [2.24, 2.45) is 23.5 Å². The molecule has 0 aliphatic heterocycles. The van der Waals surface area contributed by atoms with Gasteiger partial charge in [-0.15, -0.1) is 0 Å². The highest BCUT2D eigenvalue weighted by Crippen LogP contribution is 2.33. The predicted molar refractivity (Wildman–Crippen MR) is 133 cm³/mol. The maximum Gasteiger partial charge on any atom is 0.303 e. The van der Waals surface area contributed by atoms with Crippen LogP contribution in [0.2, 0.25) is 0 Å². The Hall–Kier alpha value is -2.40. The van der Waals surface area contributed by atoms with Gasteiger partial charge in [-0.1, -0.05) is 55.2 Å². The van der Waals surface area contributed by atoms with Crippen LogP contribution in [0.1, 0.15) is 76.2 Å². The number of carbonyl (C=O) groups is 2. The van der Waals surface area contributed by atoms with Crippen LogP contribution in [0.3, 0.4) is 0 Å². The summed E-state index contributed by atoms with van der Waals surface area (Å²) in [7, 11) is 0. The molecule has 1 aliphatic rings. The van der Waals surface area contributed by atoms with E-state index in [0.29, 0.717) is 24.8 Å². The van der Waals surface area contributed by atoms with Gasteiger partial charge in [-0.05, 0) is 87.4 Å². The second kappa shape index (κ2) is 15.4. The minimum absolute atomic E-state index is 0.130. The van der Waals surface area contributed by atoms with E-state index in [1.165, 1.54) is 11.1 Å². The van der Waals surface area contributed by atoms with E-state index in [1.54, 1.807) is 12.1 Å². The quantitative estimate of drug-likeness (QED) is 0.156. The number of carbonyl (C=O) groups excluding carboxylic acids is 1. The normalized spacial score (nSPS) is 17.7. The van der Waals surface area contributed by atoms with Crippen molar-refractivity contribution >= 4 is 12.3 Å². The molecule has 0 amide bonds. The standard InChI is InChI=1S/C28H41NO4/c29-18-17-24-11-14-25(20-24)26(21-30)9-5-1-3-7-22(8-4-2-6-10-28(32)33)19-23-12-15-27(31)16-13-23/h2,4,12-13,15-16,20-22,25-26,31H,1,3,5-11,14,17-19,29H2,(H,32,33)/t22-,25-,26-/m1/s1. The Morgan fingerprint density at radius 3 is 2.58 bits per heavy atom. The van der Waals surface area contributed by atoms with Crippen molar-refractivity contribution in [2.45, 2.75) is 77.0 Å². The van der Waals surface area contributed by atoms with Crippen LogP contribution in [0.4, 0.5) is 0 Å². The van der Waals surface area contributed by atoms with Gasteiger partial charge in [0.25, 0.3) is 0 Å². The van der Waals surface area contributed by atoms with Crippen LogP contribution in [0.15, 0.2) is 48.1 Å². The van der Waals surface area contributed by atoms with Crippen LogP contribution in [0.25, 0.3) is 0 Å². The molecular weight excluding hydrogens is 414 g/mol. The fraction of sp³-hybridized carbons (Fsp3) is 0.571. The molecule has 0 bridgehead atoms. The fourth-order valence-electron chi connectivity index (χ4n) is 4.81. The van der Waals surface area contributed by atoms with Crippen LogP contribution < -0.4 is 5.73 Å². The summed E-state index contributed by atoms with van der Waals surface area (Å²) in [5.74, 6) is 0.514. The Morgan fingerprint density at radius 2 is 1.88 bits per heavy atom. The minimum atomic E-state index is -0.766. The summed E-state index contributed by atoms with van der Waals surface area (Å²) < 4.78 is 0. The van der Waals surface area contributed by atoms with Gasteiger partial charge in [0.1, 0.15) is 12.0 Å². The number of nitrogens with two attached hydrogens (primary N) is 1. The Kier molecular flexibility index (Phi) is 12.6. The molecule has 4 N–H and O–H groups in total. The second-order valence-electron chi connectivity index (χ2n) is 9.38. The number of aromatic hydroxyl groups is 1. The molecule has 5 heteroatoms. The van der Waals surface area contributed by atoms with Crippen molar-refractivity contribution in [3.05, 3.63) is 53.6 Å². The number of unbranched alkanes of at least 4 members (excludes halogenated alkanes) is 2. The van der Waals surface area contributed by atoms with Crippen LogP contribution >= 0.6 is 0 Å². The largest absolute Gasteiger partial charge is 0.508 e. The number of hydrogen-bond acceptors (Lipinski definition) is 4. The maximum atomic E-state index is 11.7. The maximum absolute atomic E-state index is 11.7. The van der Waals surface area contributed by atoms with Gasteiger partial charge in [0.2, 0.25) is 0 Å². The van der Waals surface area contributed by atoms with Gasteiger partial charge in [-0.25, -0.2) is 0 Å². The Balaban J connectivity index is 1.77.